The van der Waals surface area contributed by atoms with Crippen LogP contribution in [-0.4, -0.2) is 9.97 Å². The number of aromatic nitrogens is 2. The van der Waals surface area contributed by atoms with Crippen LogP contribution in [0.25, 0.3) is 0 Å². The zero-order chi connectivity index (χ0) is 8.43. The van der Waals surface area contributed by atoms with Crippen LogP contribution >= 0.6 is 15.9 Å². The molecule has 60 valence electrons. The van der Waals surface area contributed by atoms with Crippen LogP contribution in [0, 0.1) is 0 Å². The van der Waals surface area contributed by atoms with E-state index in [9.17, 15) is 9.59 Å². The third kappa shape index (κ3) is 1.58. The van der Waals surface area contributed by atoms with Gasteiger partial charge in [0.05, 0.1) is 5.69 Å². The third-order valence-corrected chi connectivity index (χ3v) is 2.00. The number of H-pyrrole nitrogens is 2. The van der Waals surface area contributed by atoms with Gasteiger partial charge in [0.15, 0.2) is 0 Å². The lowest BCUT2D eigenvalue weighted by Crippen LogP contribution is -2.25. The van der Waals surface area contributed by atoms with E-state index in [0.717, 1.165) is 0 Å². The minimum absolute atomic E-state index is 0.125. The Labute approximate surface area is 69.8 Å². The molecule has 1 rings (SSSR count). The van der Waals surface area contributed by atoms with Gasteiger partial charge >= 0.3 is 5.69 Å². The van der Waals surface area contributed by atoms with E-state index in [-0.39, 0.29) is 11.0 Å². The molecule has 0 unspecified atom stereocenters. The maximum Gasteiger partial charge on any atom is 0.325 e. The second kappa shape index (κ2) is 3.02. The summed E-state index contributed by atoms with van der Waals surface area (Å²) in [5, 5.41) is 0. The Balaban J connectivity index is 3.49. The van der Waals surface area contributed by atoms with Crippen molar-refractivity contribution in [3.05, 3.63) is 31.0 Å². The summed E-state index contributed by atoms with van der Waals surface area (Å²) in [7, 11) is 0. The van der Waals surface area contributed by atoms with Gasteiger partial charge in [-0.15, -0.1) is 0 Å². The molecule has 0 aliphatic carbocycles. The maximum atomic E-state index is 10.8. The minimum Gasteiger partial charge on any atom is -0.325 e. The average molecular weight is 220 g/mol. The fraction of sp³-hybridized carbons (Fsp3) is 0.200. The number of aromatic amines is 2. The summed E-state index contributed by atoms with van der Waals surface area (Å²) in [6, 6.07) is 0. The Morgan fingerprint density at radius 2 is 2.00 bits per heavy atom. The molecule has 0 aliphatic heterocycles. The Morgan fingerprint density at radius 1 is 1.36 bits per heavy atom. The fourth-order valence-corrected chi connectivity index (χ4v) is 1.02. The van der Waals surface area contributed by atoms with E-state index in [1.807, 2.05) is 4.98 Å². The highest BCUT2D eigenvalue weighted by Crippen LogP contribution is 2.03. The molecule has 0 aromatic carbocycles. The number of nitrogens with two attached hydrogens (primary N) is 1. The largest absolute Gasteiger partial charge is 0.325 e. The first-order valence-electron chi connectivity index (χ1n) is 2.86. The van der Waals surface area contributed by atoms with Crippen molar-refractivity contribution in [2.24, 2.45) is 5.73 Å². The number of hydrogen-bond acceptors (Lipinski definition) is 3. The number of hydrogen-bond donors (Lipinski definition) is 3. The van der Waals surface area contributed by atoms with Gasteiger partial charge in [0, 0.05) is 6.54 Å². The smallest absolute Gasteiger partial charge is 0.325 e. The molecule has 0 radical (unpaired) electrons. The summed E-state index contributed by atoms with van der Waals surface area (Å²) < 4.78 is 0.277. The van der Waals surface area contributed by atoms with Crippen molar-refractivity contribution < 1.29 is 0 Å². The quantitative estimate of drug-likeness (QED) is 0.583. The Morgan fingerprint density at radius 3 is 2.55 bits per heavy atom. The Kier molecular flexibility index (Phi) is 2.25. The highest BCUT2D eigenvalue weighted by Gasteiger charge is 2.02. The molecular formula is C5H6BrN3O2. The first-order valence-corrected chi connectivity index (χ1v) is 3.65. The summed E-state index contributed by atoms with van der Waals surface area (Å²) >= 11 is 2.98. The van der Waals surface area contributed by atoms with E-state index in [1.54, 1.807) is 0 Å². The molecule has 6 heteroatoms. The topological polar surface area (TPSA) is 91.7 Å². The summed E-state index contributed by atoms with van der Waals surface area (Å²) in [5.74, 6) is 0. The highest BCUT2D eigenvalue weighted by atomic mass is 79.9. The molecule has 0 saturated heterocycles. The summed E-state index contributed by atoms with van der Waals surface area (Å²) in [6.45, 7) is 0.125. The van der Waals surface area contributed by atoms with Gasteiger partial charge in [-0.05, 0) is 15.9 Å². The second-order valence-electron chi connectivity index (χ2n) is 1.90. The fourth-order valence-electron chi connectivity index (χ4n) is 0.659. The minimum atomic E-state index is -0.543. The van der Waals surface area contributed by atoms with Crippen LogP contribution in [0.2, 0.25) is 0 Å². The number of halogens is 1. The molecule has 5 nitrogen and oxygen atoms in total. The molecular weight excluding hydrogens is 214 g/mol. The lowest BCUT2D eigenvalue weighted by molar-refractivity contribution is 0.900. The molecule has 0 aliphatic rings. The van der Waals surface area contributed by atoms with E-state index in [2.05, 4.69) is 20.9 Å². The van der Waals surface area contributed by atoms with Crippen LogP contribution in [-0.2, 0) is 6.54 Å². The summed E-state index contributed by atoms with van der Waals surface area (Å²) in [4.78, 5) is 25.9. The zero-order valence-electron chi connectivity index (χ0n) is 5.48. The van der Waals surface area contributed by atoms with Crippen LogP contribution in [0.3, 0.4) is 0 Å². The van der Waals surface area contributed by atoms with Gasteiger partial charge in [-0.1, -0.05) is 0 Å². The predicted molar refractivity (Wildman–Crippen MR) is 43.3 cm³/mol. The second-order valence-corrected chi connectivity index (χ2v) is 2.70. The maximum absolute atomic E-state index is 10.8. The lowest BCUT2D eigenvalue weighted by Gasteiger charge is -1.96. The molecule has 0 saturated carbocycles. The standard InChI is InChI=1S/C5H6BrN3O2/c6-3-2(1-7)8-5(11)9-4(3)10/h1,7H2,(H2,8,9,10,11). The van der Waals surface area contributed by atoms with Gasteiger partial charge in [0.1, 0.15) is 4.47 Å². The molecule has 0 spiro atoms. The normalized spacial score (nSPS) is 10.0. The van der Waals surface area contributed by atoms with E-state index >= 15 is 0 Å². The first kappa shape index (κ1) is 8.22. The molecule has 11 heavy (non-hydrogen) atoms. The lowest BCUT2D eigenvalue weighted by atomic mass is 10.4. The monoisotopic (exact) mass is 219 g/mol. The zero-order valence-corrected chi connectivity index (χ0v) is 7.06. The summed E-state index contributed by atoms with van der Waals surface area (Å²) in [5.41, 5.74) is 4.63. The van der Waals surface area contributed by atoms with E-state index in [4.69, 9.17) is 5.73 Å². The Hall–Kier alpha value is -0.880. The van der Waals surface area contributed by atoms with Crippen molar-refractivity contribution in [3.63, 3.8) is 0 Å². The molecule has 0 amide bonds. The van der Waals surface area contributed by atoms with Gasteiger partial charge in [-0.25, -0.2) is 4.79 Å². The SMILES string of the molecule is NCc1[nH]c(=O)[nH]c(=O)c1Br. The first-order chi connectivity index (χ1) is 5.15. The van der Waals surface area contributed by atoms with Gasteiger partial charge in [0.25, 0.3) is 5.56 Å². The van der Waals surface area contributed by atoms with Crippen molar-refractivity contribution in [1.29, 1.82) is 0 Å². The number of nitrogens with one attached hydrogen (secondary N) is 2. The predicted octanol–water partition coefficient (Wildman–Crippen LogP) is -0.716. The Bertz CT molecular complexity index is 367. The molecule has 1 aromatic rings. The van der Waals surface area contributed by atoms with Crippen LogP contribution in [0.4, 0.5) is 0 Å². The molecule has 1 heterocycles. The molecule has 0 bridgehead atoms. The third-order valence-electron chi connectivity index (χ3n) is 1.16. The van der Waals surface area contributed by atoms with Crippen LogP contribution < -0.4 is 17.0 Å². The van der Waals surface area contributed by atoms with Crippen molar-refractivity contribution >= 4 is 15.9 Å². The van der Waals surface area contributed by atoms with E-state index in [0.29, 0.717) is 5.69 Å². The number of rotatable bonds is 1. The highest BCUT2D eigenvalue weighted by molar-refractivity contribution is 9.10. The van der Waals surface area contributed by atoms with Crippen LogP contribution in [0.15, 0.2) is 14.1 Å². The average Bonchev–Trinajstić information content (AvgIpc) is 1.96. The molecule has 0 atom stereocenters. The van der Waals surface area contributed by atoms with Crippen LogP contribution in [0.1, 0.15) is 5.69 Å². The molecule has 0 fully saturated rings. The molecule has 1 aromatic heterocycles. The van der Waals surface area contributed by atoms with Gasteiger partial charge in [-0.2, -0.15) is 0 Å². The van der Waals surface area contributed by atoms with E-state index in [1.165, 1.54) is 0 Å². The van der Waals surface area contributed by atoms with Gasteiger partial charge in [-0.3, -0.25) is 9.78 Å². The van der Waals surface area contributed by atoms with Crippen molar-refractivity contribution in [3.8, 4) is 0 Å². The van der Waals surface area contributed by atoms with Crippen molar-refractivity contribution in [2.45, 2.75) is 6.54 Å². The molecule has 4 N–H and O–H groups in total. The summed E-state index contributed by atoms with van der Waals surface area (Å²) in [6.07, 6.45) is 0. The van der Waals surface area contributed by atoms with Crippen LogP contribution in [0.5, 0.6) is 0 Å². The van der Waals surface area contributed by atoms with Gasteiger partial charge < -0.3 is 10.7 Å². The van der Waals surface area contributed by atoms with Gasteiger partial charge in [0.2, 0.25) is 0 Å². The van der Waals surface area contributed by atoms with Crippen molar-refractivity contribution in [2.75, 3.05) is 0 Å². The van der Waals surface area contributed by atoms with Crippen molar-refractivity contribution in [1.82, 2.24) is 9.97 Å². The van der Waals surface area contributed by atoms with E-state index < -0.39 is 11.2 Å².